The van der Waals surface area contributed by atoms with Crippen molar-refractivity contribution < 1.29 is 14.6 Å². The molecule has 2 aromatic rings. The molecule has 23 heavy (non-hydrogen) atoms. The number of carboxylic acid groups (broad SMARTS) is 1. The van der Waals surface area contributed by atoms with Crippen LogP contribution in [0.25, 0.3) is 0 Å². The minimum Gasteiger partial charge on any atom is -0.494 e. The highest BCUT2D eigenvalue weighted by Crippen LogP contribution is 2.13. The first kappa shape index (κ1) is 16.5. The summed E-state index contributed by atoms with van der Waals surface area (Å²) in [6.07, 6.45) is 3.83. The number of nitrogens with one attached hydrogen (secondary N) is 1. The summed E-state index contributed by atoms with van der Waals surface area (Å²) in [7, 11) is 0. The molecule has 5 nitrogen and oxygen atoms in total. The molecule has 5 heteroatoms. The average Bonchev–Trinajstić information content (AvgIpc) is 2.56. The minimum absolute atomic E-state index is 0.247. The fourth-order valence-corrected chi connectivity index (χ4v) is 1.89. The molecule has 0 fully saturated rings. The summed E-state index contributed by atoms with van der Waals surface area (Å²) in [5, 5.41) is 13.0. The zero-order chi connectivity index (χ0) is 16.5. The van der Waals surface area contributed by atoms with E-state index >= 15 is 0 Å². The van der Waals surface area contributed by atoms with Gasteiger partial charge in [0.05, 0.1) is 24.1 Å². The van der Waals surface area contributed by atoms with Crippen LogP contribution in [-0.4, -0.2) is 23.9 Å². The van der Waals surface area contributed by atoms with E-state index in [1.54, 1.807) is 18.3 Å². The first-order valence-corrected chi connectivity index (χ1v) is 7.54. The van der Waals surface area contributed by atoms with E-state index in [0.717, 1.165) is 29.8 Å². The Hall–Kier alpha value is -2.82. The van der Waals surface area contributed by atoms with Gasteiger partial charge in [0.1, 0.15) is 5.75 Å². The molecular formula is C18H20N2O3. The Labute approximate surface area is 135 Å². The number of benzene rings is 2. The van der Waals surface area contributed by atoms with Gasteiger partial charge in [-0.05, 0) is 48.4 Å². The van der Waals surface area contributed by atoms with Gasteiger partial charge in [-0.3, -0.25) is 5.43 Å². The average molecular weight is 312 g/mol. The summed E-state index contributed by atoms with van der Waals surface area (Å²) in [5.74, 6) is -0.117. The first-order chi connectivity index (χ1) is 11.2. The predicted molar refractivity (Wildman–Crippen MR) is 91.5 cm³/mol. The first-order valence-electron chi connectivity index (χ1n) is 7.54. The Balaban J connectivity index is 1.92. The molecule has 0 atom stereocenters. The second-order valence-electron chi connectivity index (χ2n) is 5.03. The number of rotatable bonds is 8. The van der Waals surface area contributed by atoms with Crippen molar-refractivity contribution in [1.82, 2.24) is 0 Å². The predicted octanol–water partition coefficient (Wildman–Crippen LogP) is 4.01. The van der Waals surface area contributed by atoms with Crippen LogP contribution in [0.4, 0.5) is 5.69 Å². The van der Waals surface area contributed by atoms with E-state index in [1.807, 2.05) is 24.3 Å². The summed E-state index contributed by atoms with van der Waals surface area (Å²) in [6.45, 7) is 2.84. The lowest BCUT2D eigenvalue weighted by Gasteiger charge is -2.05. The van der Waals surface area contributed by atoms with Gasteiger partial charge in [0, 0.05) is 0 Å². The Kier molecular flexibility index (Phi) is 6.17. The Morgan fingerprint density at radius 1 is 1.26 bits per heavy atom. The molecule has 0 saturated heterocycles. The maximum absolute atomic E-state index is 10.8. The van der Waals surface area contributed by atoms with Crippen molar-refractivity contribution in [2.45, 2.75) is 19.8 Å². The summed E-state index contributed by atoms with van der Waals surface area (Å²) in [5.41, 5.74) is 4.76. The number of nitrogens with zero attached hydrogens (tertiary/aromatic N) is 1. The Bertz CT molecular complexity index is 666. The summed E-state index contributed by atoms with van der Waals surface area (Å²) < 4.78 is 5.65. The largest absolute Gasteiger partial charge is 0.494 e. The number of carbonyl (C=O) groups is 1. The number of hydrogen-bond donors (Lipinski definition) is 2. The molecule has 2 aromatic carbocycles. The molecule has 0 amide bonds. The van der Waals surface area contributed by atoms with Crippen molar-refractivity contribution in [2.24, 2.45) is 5.10 Å². The van der Waals surface area contributed by atoms with Crippen molar-refractivity contribution in [2.75, 3.05) is 12.0 Å². The molecule has 0 aliphatic carbocycles. The molecule has 0 saturated carbocycles. The molecular weight excluding hydrogens is 292 g/mol. The molecule has 0 spiro atoms. The van der Waals surface area contributed by atoms with Crippen molar-refractivity contribution in [1.29, 1.82) is 0 Å². The lowest BCUT2D eigenvalue weighted by Crippen LogP contribution is -1.97. The molecule has 0 aliphatic heterocycles. The third-order valence-electron chi connectivity index (χ3n) is 3.16. The number of aromatic carboxylic acids is 1. The minimum atomic E-state index is -0.945. The molecule has 0 aromatic heterocycles. The quantitative estimate of drug-likeness (QED) is 0.439. The van der Waals surface area contributed by atoms with Crippen molar-refractivity contribution in [3.63, 3.8) is 0 Å². The van der Waals surface area contributed by atoms with E-state index in [0.29, 0.717) is 6.61 Å². The third kappa shape index (κ3) is 5.47. The van der Waals surface area contributed by atoms with Gasteiger partial charge >= 0.3 is 5.97 Å². The zero-order valence-corrected chi connectivity index (χ0v) is 13.0. The van der Waals surface area contributed by atoms with Crippen LogP contribution in [0.5, 0.6) is 5.75 Å². The van der Waals surface area contributed by atoms with Gasteiger partial charge in [0.2, 0.25) is 0 Å². The number of carboxylic acids is 1. The van der Waals surface area contributed by atoms with Crippen LogP contribution in [0.1, 0.15) is 35.7 Å². The van der Waals surface area contributed by atoms with E-state index in [-0.39, 0.29) is 5.56 Å². The SMILES string of the molecule is CCCCOc1cccc(/C=N/Nc2ccc(C(=O)O)cc2)c1. The lowest BCUT2D eigenvalue weighted by molar-refractivity contribution is 0.0697. The van der Waals surface area contributed by atoms with E-state index in [1.165, 1.54) is 12.1 Å². The fourth-order valence-electron chi connectivity index (χ4n) is 1.89. The monoisotopic (exact) mass is 312 g/mol. The second-order valence-corrected chi connectivity index (χ2v) is 5.03. The molecule has 0 aliphatic rings. The van der Waals surface area contributed by atoms with Gasteiger partial charge in [-0.1, -0.05) is 25.5 Å². The summed E-state index contributed by atoms with van der Waals surface area (Å²) in [4.78, 5) is 10.8. The number of hydrazone groups is 1. The highest BCUT2D eigenvalue weighted by Gasteiger charge is 2.00. The van der Waals surface area contributed by atoms with E-state index in [9.17, 15) is 4.79 Å². The van der Waals surface area contributed by atoms with Crippen LogP contribution in [0, 0.1) is 0 Å². The molecule has 0 bridgehead atoms. The number of hydrogen-bond acceptors (Lipinski definition) is 4. The number of unbranched alkanes of at least 4 members (excludes halogenated alkanes) is 1. The number of ether oxygens (including phenoxy) is 1. The van der Waals surface area contributed by atoms with Crippen LogP contribution in [0.2, 0.25) is 0 Å². The van der Waals surface area contributed by atoms with Crippen molar-refractivity contribution in [3.05, 3.63) is 59.7 Å². The second kappa shape index (κ2) is 8.58. The summed E-state index contributed by atoms with van der Waals surface area (Å²) in [6, 6.07) is 14.1. The van der Waals surface area contributed by atoms with Gasteiger partial charge in [0.25, 0.3) is 0 Å². The standard InChI is InChI=1S/C18H20N2O3/c1-2-3-11-23-17-6-4-5-14(12-17)13-19-20-16-9-7-15(8-10-16)18(21)22/h4-10,12-13,20H,2-3,11H2,1H3,(H,21,22)/b19-13+. The van der Waals surface area contributed by atoms with E-state index < -0.39 is 5.97 Å². The highest BCUT2D eigenvalue weighted by molar-refractivity contribution is 5.88. The highest BCUT2D eigenvalue weighted by atomic mass is 16.5. The topological polar surface area (TPSA) is 70.9 Å². The van der Waals surface area contributed by atoms with Gasteiger partial charge in [-0.2, -0.15) is 5.10 Å². The van der Waals surface area contributed by atoms with Crippen LogP contribution < -0.4 is 10.2 Å². The molecule has 0 heterocycles. The fraction of sp³-hybridized carbons (Fsp3) is 0.222. The zero-order valence-electron chi connectivity index (χ0n) is 13.0. The van der Waals surface area contributed by atoms with Crippen LogP contribution in [0.15, 0.2) is 53.6 Å². The number of anilines is 1. The normalized spacial score (nSPS) is 10.7. The Morgan fingerprint density at radius 2 is 2.04 bits per heavy atom. The van der Waals surface area contributed by atoms with Crippen molar-refractivity contribution >= 4 is 17.9 Å². The van der Waals surface area contributed by atoms with Crippen LogP contribution >= 0.6 is 0 Å². The van der Waals surface area contributed by atoms with Gasteiger partial charge in [-0.25, -0.2) is 4.79 Å². The maximum atomic E-state index is 10.8. The molecule has 0 radical (unpaired) electrons. The third-order valence-corrected chi connectivity index (χ3v) is 3.16. The van der Waals surface area contributed by atoms with Crippen LogP contribution in [-0.2, 0) is 0 Å². The summed E-state index contributed by atoms with van der Waals surface area (Å²) >= 11 is 0. The van der Waals surface area contributed by atoms with E-state index in [4.69, 9.17) is 9.84 Å². The van der Waals surface area contributed by atoms with Crippen molar-refractivity contribution in [3.8, 4) is 5.75 Å². The smallest absolute Gasteiger partial charge is 0.335 e. The van der Waals surface area contributed by atoms with Gasteiger partial charge < -0.3 is 9.84 Å². The lowest BCUT2D eigenvalue weighted by atomic mass is 10.2. The molecule has 120 valence electrons. The van der Waals surface area contributed by atoms with Crippen LogP contribution in [0.3, 0.4) is 0 Å². The van der Waals surface area contributed by atoms with Gasteiger partial charge in [-0.15, -0.1) is 0 Å². The molecule has 2 N–H and O–H groups in total. The Morgan fingerprint density at radius 3 is 2.74 bits per heavy atom. The molecule has 0 unspecified atom stereocenters. The molecule has 2 rings (SSSR count). The van der Waals surface area contributed by atoms with Gasteiger partial charge in [0.15, 0.2) is 0 Å². The maximum Gasteiger partial charge on any atom is 0.335 e. The van der Waals surface area contributed by atoms with E-state index in [2.05, 4.69) is 17.5 Å².